The lowest BCUT2D eigenvalue weighted by molar-refractivity contribution is 0.392. The SMILES string of the molecule is Cc1noc(C)c1CSc1nnc(C)n1N. The van der Waals surface area contributed by atoms with Crippen LogP contribution in [-0.2, 0) is 5.75 Å². The standard InChI is InChI=1S/C9H13N5OS/c1-5-8(6(2)15-13-5)4-16-9-12-11-7(3)14(9)10/h4,10H2,1-3H3. The molecule has 0 spiro atoms. The second-order valence-electron chi connectivity index (χ2n) is 3.49. The highest BCUT2D eigenvalue weighted by molar-refractivity contribution is 7.98. The molecule has 6 nitrogen and oxygen atoms in total. The van der Waals surface area contributed by atoms with Gasteiger partial charge in [0.25, 0.3) is 0 Å². The van der Waals surface area contributed by atoms with Crippen molar-refractivity contribution in [2.45, 2.75) is 31.7 Å². The van der Waals surface area contributed by atoms with E-state index in [9.17, 15) is 0 Å². The average Bonchev–Trinajstić information content (AvgIpc) is 2.73. The van der Waals surface area contributed by atoms with Crippen LogP contribution in [0.3, 0.4) is 0 Å². The van der Waals surface area contributed by atoms with E-state index in [1.807, 2.05) is 20.8 Å². The van der Waals surface area contributed by atoms with Gasteiger partial charge >= 0.3 is 0 Å². The molecule has 2 aromatic heterocycles. The lowest BCUT2D eigenvalue weighted by Crippen LogP contribution is -2.11. The van der Waals surface area contributed by atoms with Gasteiger partial charge in [0, 0.05) is 11.3 Å². The molecule has 2 rings (SSSR count). The number of aryl methyl sites for hydroxylation is 3. The third-order valence-electron chi connectivity index (χ3n) is 2.36. The van der Waals surface area contributed by atoms with Gasteiger partial charge in [-0.25, -0.2) is 4.68 Å². The molecule has 7 heteroatoms. The van der Waals surface area contributed by atoms with Gasteiger partial charge in [-0.1, -0.05) is 16.9 Å². The highest BCUT2D eigenvalue weighted by Gasteiger charge is 2.12. The summed E-state index contributed by atoms with van der Waals surface area (Å²) in [7, 11) is 0. The Labute approximate surface area is 97.2 Å². The first-order chi connectivity index (χ1) is 7.59. The van der Waals surface area contributed by atoms with Crippen LogP contribution in [0.5, 0.6) is 0 Å². The Morgan fingerprint density at radius 1 is 1.31 bits per heavy atom. The Morgan fingerprint density at radius 2 is 2.06 bits per heavy atom. The van der Waals surface area contributed by atoms with E-state index in [0.717, 1.165) is 22.8 Å². The minimum atomic E-state index is 0.692. The normalized spacial score (nSPS) is 10.9. The molecule has 16 heavy (non-hydrogen) atoms. The van der Waals surface area contributed by atoms with Crippen LogP contribution in [0.15, 0.2) is 9.68 Å². The fraction of sp³-hybridized carbons (Fsp3) is 0.444. The lowest BCUT2D eigenvalue weighted by atomic mass is 10.2. The molecule has 2 heterocycles. The molecule has 86 valence electrons. The highest BCUT2D eigenvalue weighted by atomic mass is 32.2. The fourth-order valence-corrected chi connectivity index (χ4v) is 2.35. The van der Waals surface area contributed by atoms with E-state index in [1.54, 1.807) is 0 Å². The number of nitrogen functional groups attached to an aromatic ring is 1. The molecule has 0 aliphatic rings. The van der Waals surface area contributed by atoms with E-state index in [4.69, 9.17) is 10.4 Å². The first kappa shape index (κ1) is 11.0. The van der Waals surface area contributed by atoms with Crippen LogP contribution in [0.25, 0.3) is 0 Å². The van der Waals surface area contributed by atoms with Gasteiger partial charge in [-0.2, -0.15) is 0 Å². The Morgan fingerprint density at radius 3 is 2.56 bits per heavy atom. The fourth-order valence-electron chi connectivity index (χ4n) is 1.29. The van der Waals surface area contributed by atoms with Crippen LogP contribution in [0.1, 0.15) is 22.8 Å². The van der Waals surface area contributed by atoms with Crippen LogP contribution >= 0.6 is 11.8 Å². The van der Waals surface area contributed by atoms with Gasteiger partial charge in [0.2, 0.25) is 5.16 Å². The maximum Gasteiger partial charge on any atom is 0.210 e. The number of nitrogens with two attached hydrogens (primary N) is 1. The number of hydrogen-bond donors (Lipinski definition) is 1. The highest BCUT2D eigenvalue weighted by Crippen LogP contribution is 2.24. The summed E-state index contributed by atoms with van der Waals surface area (Å²) in [6.45, 7) is 5.63. The van der Waals surface area contributed by atoms with Crippen LogP contribution < -0.4 is 5.84 Å². The van der Waals surface area contributed by atoms with E-state index < -0.39 is 0 Å². The maximum atomic E-state index is 5.75. The Kier molecular flexibility index (Phi) is 2.86. The van der Waals surface area contributed by atoms with Crippen LogP contribution in [-0.4, -0.2) is 20.0 Å². The first-order valence-corrected chi connectivity index (χ1v) is 5.79. The predicted molar refractivity (Wildman–Crippen MR) is 60.4 cm³/mol. The molecule has 2 aromatic rings. The Hall–Kier alpha value is -1.50. The molecule has 0 atom stereocenters. The minimum absolute atomic E-state index is 0.692. The van der Waals surface area contributed by atoms with E-state index in [-0.39, 0.29) is 0 Å². The van der Waals surface area contributed by atoms with Gasteiger partial charge in [-0.15, -0.1) is 10.2 Å². The number of hydrogen-bond acceptors (Lipinski definition) is 6. The van der Waals surface area contributed by atoms with Gasteiger partial charge in [0.1, 0.15) is 11.6 Å². The quantitative estimate of drug-likeness (QED) is 0.640. The molecule has 0 bridgehead atoms. The third kappa shape index (κ3) is 1.90. The van der Waals surface area contributed by atoms with Crippen molar-refractivity contribution in [3.63, 3.8) is 0 Å². The Bertz CT molecular complexity index is 484. The largest absolute Gasteiger partial charge is 0.361 e. The average molecular weight is 239 g/mol. The van der Waals surface area contributed by atoms with Gasteiger partial charge < -0.3 is 10.4 Å². The second kappa shape index (κ2) is 4.17. The molecule has 0 unspecified atom stereocenters. The summed E-state index contributed by atoms with van der Waals surface area (Å²) in [6, 6.07) is 0. The van der Waals surface area contributed by atoms with E-state index in [2.05, 4.69) is 15.4 Å². The molecule has 2 N–H and O–H groups in total. The zero-order valence-electron chi connectivity index (χ0n) is 9.39. The van der Waals surface area contributed by atoms with Gasteiger partial charge in [0.15, 0.2) is 0 Å². The second-order valence-corrected chi connectivity index (χ2v) is 4.43. The first-order valence-electron chi connectivity index (χ1n) is 4.81. The van der Waals surface area contributed by atoms with Crippen molar-refractivity contribution in [3.8, 4) is 0 Å². The van der Waals surface area contributed by atoms with Crippen molar-refractivity contribution in [2.75, 3.05) is 5.84 Å². The van der Waals surface area contributed by atoms with Gasteiger partial charge in [-0.3, -0.25) is 0 Å². The maximum absolute atomic E-state index is 5.75. The summed E-state index contributed by atoms with van der Waals surface area (Å²) in [6.07, 6.45) is 0. The summed E-state index contributed by atoms with van der Waals surface area (Å²) < 4.78 is 6.56. The van der Waals surface area contributed by atoms with E-state index in [0.29, 0.717) is 11.0 Å². The number of aromatic nitrogens is 4. The summed E-state index contributed by atoms with van der Waals surface area (Å²) >= 11 is 1.52. The molecule has 0 aromatic carbocycles. The van der Waals surface area contributed by atoms with Crippen molar-refractivity contribution in [1.29, 1.82) is 0 Å². The number of thioether (sulfide) groups is 1. The molecule has 0 saturated heterocycles. The Balaban J connectivity index is 2.11. The molecule has 0 aliphatic heterocycles. The van der Waals surface area contributed by atoms with Gasteiger partial charge in [-0.05, 0) is 20.8 Å². The summed E-state index contributed by atoms with van der Waals surface area (Å²) in [5.74, 6) is 8.02. The topological polar surface area (TPSA) is 82.8 Å². The molecule has 0 aliphatic carbocycles. The number of rotatable bonds is 3. The molecule has 0 saturated carbocycles. The smallest absolute Gasteiger partial charge is 0.210 e. The van der Waals surface area contributed by atoms with Gasteiger partial charge in [0.05, 0.1) is 5.69 Å². The minimum Gasteiger partial charge on any atom is -0.361 e. The van der Waals surface area contributed by atoms with Crippen molar-refractivity contribution in [1.82, 2.24) is 20.0 Å². The van der Waals surface area contributed by atoms with E-state index in [1.165, 1.54) is 16.4 Å². The molecule has 0 fully saturated rings. The van der Waals surface area contributed by atoms with Crippen molar-refractivity contribution >= 4 is 11.8 Å². The van der Waals surface area contributed by atoms with Crippen LogP contribution in [0.2, 0.25) is 0 Å². The van der Waals surface area contributed by atoms with Crippen molar-refractivity contribution in [2.24, 2.45) is 0 Å². The summed E-state index contributed by atoms with van der Waals surface area (Å²) in [5.41, 5.74) is 2.00. The zero-order chi connectivity index (χ0) is 11.7. The van der Waals surface area contributed by atoms with Crippen LogP contribution in [0.4, 0.5) is 0 Å². The lowest BCUT2D eigenvalue weighted by Gasteiger charge is -2.00. The predicted octanol–water partition coefficient (Wildman–Crippen LogP) is 1.20. The molecular formula is C9H13N5OS. The zero-order valence-corrected chi connectivity index (χ0v) is 10.2. The third-order valence-corrected chi connectivity index (χ3v) is 3.33. The molecule has 0 amide bonds. The molecular weight excluding hydrogens is 226 g/mol. The van der Waals surface area contributed by atoms with Crippen molar-refractivity contribution in [3.05, 3.63) is 22.8 Å². The number of nitrogens with zero attached hydrogens (tertiary/aromatic N) is 4. The van der Waals surface area contributed by atoms with Crippen molar-refractivity contribution < 1.29 is 4.52 Å². The summed E-state index contributed by atoms with van der Waals surface area (Å²) in [4.78, 5) is 0. The summed E-state index contributed by atoms with van der Waals surface area (Å²) in [5, 5.41) is 12.4. The van der Waals surface area contributed by atoms with E-state index >= 15 is 0 Å². The monoisotopic (exact) mass is 239 g/mol. The molecule has 0 radical (unpaired) electrons. The van der Waals surface area contributed by atoms with Crippen LogP contribution in [0, 0.1) is 20.8 Å².